The van der Waals surface area contributed by atoms with Crippen molar-refractivity contribution in [3.05, 3.63) is 29.8 Å². The highest BCUT2D eigenvalue weighted by Crippen LogP contribution is 2.26. The van der Waals surface area contributed by atoms with Crippen LogP contribution in [0.5, 0.6) is 0 Å². The van der Waals surface area contributed by atoms with Crippen LogP contribution in [0.1, 0.15) is 31.2 Å². The number of carbonyl (C=O) groups is 1. The second-order valence-electron chi connectivity index (χ2n) is 4.54. The van der Waals surface area contributed by atoms with Gasteiger partial charge in [0.1, 0.15) is 0 Å². The fourth-order valence-corrected chi connectivity index (χ4v) is 2.25. The lowest BCUT2D eigenvalue weighted by Crippen LogP contribution is -2.20. The molecule has 1 saturated carbocycles. The molecular weight excluding hydrogens is 230 g/mol. The van der Waals surface area contributed by atoms with Crippen LogP contribution >= 0.6 is 0 Å². The maximum atomic E-state index is 11.9. The number of carbonyl (C=O) groups excluding carboxylic acids is 1. The summed E-state index contributed by atoms with van der Waals surface area (Å²) in [6, 6.07) is 6.97. The number of hydrogen-bond acceptors (Lipinski definition) is 3. The molecule has 0 saturated heterocycles. The largest absolute Gasteiger partial charge is 0.409 e. The average molecular weight is 247 g/mol. The molecule has 0 atom stereocenters. The second-order valence-corrected chi connectivity index (χ2v) is 4.54. The van der Waals surface area contributed by atoms with Crippen molar-refractivity contribution >= 4 is 17.4 Å². The number of anilines is 1. The molecule has 0 aromatic heterocycles. The van der Waals surface area contributed by atoms with Gasteiger partial charge in [0.25, 0.3) is 0 Å². The summed E-state index contributed by atoms with van der Waals surface area (Å²) in [5.41, 5.74) is 6.77. The zero-order valence-electron chi connectivity index (χ0n) is 10.1. The summed E-state index contributed by atoms with van der Waals surface area (Å²) in [5.74, 6) is 0.216. The number of nitrogens with zero attached hydrogens (tertiary/aromatic N) is 1. The van der Waals surface area contributed by atoms with E-state index in [1.165, 1.54) is 0 Å². The SMILES string of the molecule is N/C(=N/O)c1cccc(NC(=O)C2CCCC2)c1. The van der Waals surface area contributed by atoms with Gasteiger partial charge >= 0.3 is 0 Å². The molecule has 0 bridgehead atoms. The van der Waals surface area contributed by atoms with Crippen LogP contribution < -0.4 is 11.1 Å². The molecular formula is C13H17N3O2. The van der Waals surface area contributed by atoms with E-state index in [-0.39, 0.29) is 17.7 Å². The number of oxime groups is 1. The van der Waals surface area contributed by atoms with Gasteiger partial charge in [-0.3, -0.25) is 4.79 Å². The number of nitrogens with two attached hydrogens (primary N) is 1. The quantitative estimate of drug-likeness (QED) is 0.330. The lowest BCUT2D eigenvalue weighted by molar-refractivity contribution is -0.119. The van der Waals surface area contributed by atoms with E-state index in [1.54, 1.807) is 24.3 Å². The second kappa shape index (κ2) is 5.53. The number of rotatable bonds is 3. The fraction of sp³-hybridized carbons (Fsp3) is 0.385. The third kappa shape index (κ3) is 2.80. The zero-order valence-corrected chi connectivity index (χ0v) is 10.1. The Hall–Kier alpha value is -2.04. The molecule has 0 unspecified atom stereocenters. The maximum Gasteiger partial charge on any atom is 0.227 e. The summed E-state index contributed by atoms with van der Waals surface area (Å²) in [6.45, 7) is 0. The summed E-state index contributed by atoms with van der Waals surface area (Å²) in [7, 11) is 0. The molecule has 1 amide bonds. The Morgan fingerprint density at radius 3 is 2.78 bits per heavy atom. The minimum Gasteiger partial charge on any atom is -0.409 e. The summed E-state index contributed by atoms with van der Waals surface area (Å²) < 4.78 is 0. The van der Waals surface area contributed by atoms with Gasteiger partial charge in [-0.25, -0.2) is 0 Å². The van der Waals surface area contributed by atoms with Crippen LogP contribution in [0.3, 0.4) is 0 Å². The predicted octanol–water partition coefficient (Wildman–Crippen LogP) is 1.91. The molecule has 1 aromatic rings. The summed E-state index contributed by atoms with van der Waals surface area (Å²) in [6.07, 6.45) is 4.18. The molecule has 1 fully saturated rings. The van der Waals surface area contributed by atoms with Crippen LogP contribution in [0.2, 0.25) is 0 Å². The summed E-state index contributed by atoms with van der Waals surface area (Å²) in [4.78, 5) is 11.9. The van der Waals surface area contributed by atoms with Crippen LogP contribution in [0, 0.1) is 5.92 Å². The molecule has 0 heterocycles. The highest BCUT2D eigenvalue weighted by atomic mass is 16.4. The minimum absolute atomic E-state index is 0.0342. The van der Waals surface area contributed by atoms with Gasteiger partial charge in [-0.15, -0.1) is 0 Å². The van der Waals surface area contributed by atoms with Gasteiger partial charge in [0.15, 0.2) is 5.84 Å². The van der Waals surface area contributed by atoms with Crippen molar-refractivity contribution in [1.29, 1.82) is 0 Å². The molecule has 5 nitrogen and oxygen atoms in total. The molecule has 5 heteroatoms. The van der Waals surface area contributed by atoms with E-state index >= 15 is 0 Å². The molecule has 4 N–H and O–H groups in total. The fourth-order valence-electron chi connectivity index (χ4n) is 2.25. The molecule has 2 rings (SSSR count). The van der Waals surface area contributed by atoms with Crippen molar-refractivity contribution in [2.75, 3.05) is 5.32 Å². The Kier molecular flexibility index (Phi) is 3.82. The van der Waals surface area contributed by atoms with Crippen molar-refractivity contribution in [2.45, 2.75) is 25.7 Å². The molecule has 18 heavy (non-hydrogen) atoms. The molecule has 0 aliphatic heterocycles. The van der Waals surface area contributed by atoms with Gasteiger partial charge in [-0.2, -0.15) is 0 Å². The Labute approximate surface area is 106 Å². The van der Waals surface area contributed by atoms with Crippen LogP contribution in [0.15, 0.2) is 29.4 Å². The van der Waals surface area contributed by atoms with E-state index in [1.807, 2.05) is 0 Å². The zero-order chi connectivity index (χ0) is 13.0. The van der Waals surface area contributed by atoms with Gasteiger partial charge in [0.05, 0.1) is 0 Å². The number of amides is 1. The van der Waals surface area contributed by atoms with Crippen LogP contribution in [0.25, 0.3) is 0 Å². The van der Waals surface area contributed by atoms with E-state index in [0.717, 1.165) is 25.7 Å². The Morgan fingerprint density at radius 1 is 1.39 bits per heavy atom. The lowest BCUT2D eigenvalue weighted by Gasteiger charge is -2.11. The first-order valence-electron chi connectivity index (χ1n) is 6.09. The topological polar surface area (TPSA) is 87.7 Å². The summed E-state index contributed by atoms with van der Waals surface area (Å²) in [5, 5.41) is 14.4. The van der Waals surface area contributed by atoms with Crippen molar-refractivity contribution in [3.8, 4) is 0 Å². The molecule has 0 radical (unpaired) electrons. The molecule has 0 spiro atoms. The van der Waals surface area contributed by atoms with Crippen molar-refractivity contribution in [1.82, 2.24) is 0 Å². The molecule has 96 valence electrons. The van der Waals surface area contributed by atoms with Crippen molar-refractivity contribution < 1.29 is 10.0 Å². The third-order valence-corrected chi connectivity index (χ3v) is 3.26. The third-order valence-electron chi connectivity index (χ3n) is 3.26. The van der Waals surface area contributed by atoms with Gasteiger partial charge in [-0.05, 0) is 25.0 Å². The first-order chi connectivity index (χ1) is 8.70. The Bertz CT molecular complexity index is 465. The van der Waals surface area contributed by atoms with Crippen molar-refractivity contribution in [3.63, 3.8) is 0 Å². The van der Waals surface area contributed by atoms with E-state index < -0.39 is 0 Å². The van der Waals surface area contributed by atoms with Gasteiger partial charge in [0, 0.05) is 17.2 Å². The van der Waals surface area contributed by atoms with Crippen LogP contribution in [0.4, 0.5) is 5.69 Å². The highest BCUT2D eigenvalue weighted by Gasteiger charge is 2.22. The first kappa shape index (κ1) is 12.4. The molecule has 1 aromatic carbocycles. The Morgan fingerprint density at radius 2 is 2.11 bits per heavy atom. The van der Waals surface area contributed by atoms with E-state index in [2.05, 4.69) is 10.5 Å². The highest BCUT2D eigenvalue weighted by molar-refractivity contribution is 5.99. The number of benzene rings is 1. The normalized spacial score (nSPS) is 16.8. The predicted molar refractivity (Wildman–Crippen MR) is 69.5 cm³/mol. The average Bonchev–Trinajstić information content (AvgIpc) is 2.92. The summed E-state index contributed by atoms with van der Waals surface area (Å²) >= 11 is 0. The first-order valence-corrected chi connectivity index (χ1v) is 6.09. The van der Waals surface area contributed by atoms with Gasteiger partial charge in [0.2, 0.25) is 5.91 Å². The van der Waals surface area contributed by atoms with Crippen LogP contribution in [-0.4, -0.2) is 17.0 Å². The van der Waals surface area contributed by atoms with Crippen molar-refractivity contribution in [2.24, 2.45) is 16.8 Å². The Balaban J connectivity index is 2.07. The van der Waals surface area contributed by atoms with Crippen LogP contribution in [-0.2, 0) is 4.79 Å². The monoisotopic (exact) mass is 247 g/mol. The van der Waals surface area contributed by atoms with Gasteiger partial charge < -0.3 is 16.3 Å². The standard InChI is InChI=1S/C13H17N3O2/c14-12(16-18)10-6-3-7-11(8-10)15-13(17)9-4-1-2-5-9/h3,6-9,18H,1-2,4-5H2,(H2,14,16)(H,15,17). The smallest absolute Gasteiger partial charge is 0.227 e. The number of nitrogens with one attached hydrogen (secondary N) is 1. The van der Waals surface area contributed by atoms with E-state index in [0.29, 0.717) is 11.3 Å². The molecule has 1 aliphatic carbocycles. The minimum atomic E-state index is 0.0342. The van der Waals surface area contributed by atoms with Gasteiger partial charge in [-0.1, -0.05) is 30.1 Å². The maximum absolute atomic E-state index is 11.9. The van der Waals surface area contributed by atoms with E-state index in [4.69, 9.17) is 10.9 Å². The number of amidine groups is 1. The lowest BCUT2D eigenvalue weighted by atomic mass is 10.1. The van der Waals surface area contributed by atoms with E-state index in [9.17, 15) is 4.79 Å². The molecule has 1 aliphatic rings. The number of hydrogen-bond donors (Lipinski definition) is 3.